The lowest BCUT2D eigenvalue weighted by Crippen LogP contribution is -2.11. The first-order valence-electron chi connectivity index (χ1n) is 17.6. The number of para-hydroxylation sites is 6. The summed E-state index contributed by atoms with van der Waals surface area (Å²) in [7, 11) is 0. The maximum Gasteiger partial charge on any atom is 0.145 e. The van der Waals surface area contributed by atoms with Crippen LogP contribution in [0.1, 0.15) is 0 Å². The van der Waals surface area contributed by atoms with E-state index in [0.717, 1.165) is 72.7 Å². The average Bonchev–Trinajstić information content (AvgIpc) is 3.61. The van der Waals surface area contributed by atoms with Crippen LogP contribution < -0.4 is 4.90 Å². The minimum absolute atomic E-state index is 0.904. The Kier molecular flexibility index (Phi) is 7.10. The number of imidazole rings is 1. The van der Waals surface area contributed by atoms with Crippen molar-refractivity contribution in [2.24, 2.45) is 0 Å². The molecule has 2 aromatic heterocycles. The molecule has 0 amide bonds. The monoisotopic (exact) mass is 664 g/mol. The number of aromatic nitrogens is 3. The second-order valence-electron chi connectivity index (χ2n) is 13.0. The van der Waals surface area contributed by atoms with Crippen molar-refractivity contribution in [1.29, 1.82) is 0 Å². The van der Waals surface area contributed by atoms with Crippen molar-refractivity contribution >= 4 is 60.5 Å². The maximum atomic E-state index is 5.47. The van der Waals surface area contributed by atoms with Crippen molar-refractivity contribution < 1.29 is 0 Å². The van der Waals surface area contributed by atoms with Crippen molar-refractivity contribution in [1.82, 2.24) is 14.5 Å². The molecule has 244 valence electrons. The summed E-state index contributed by atoms with van der Waals surface area (Å²) in [4.78, 5) is 13.0. The molecule has 2 heterocycles. The van der Waals surface area contributed by atoms with Crippen molar-refractivity contribution in [3.8, 4) is 28.3 Å². The van der Waals surface area contributed by atoms with Crippen molar-refractivity contribution in [3.05, 3.63) is 194 Å². The Hall–Kier alpha value is -7.04. The number of rotatable bonds is 6. The summed E-state index contributed by atoms with van der Waals surface area (Å²) in [6.07, 6.45) is 0. The van der Waals surface area contributed by atoms with Gasteiger partial charge in [-0.2, -0.15) is 0 Å². The molecule has 0 radical (unpaired) electrons. The zero-order valence-electron chi connectivity index (χ0n) is 28.3. The molecule has 0 N–H and O–H groups in total. The van der Waals surface area contributed by atoms with E-state index in [4.69, 9.17) is 9.97 Å². The molecule has 10 rings (SSSR count). The highest BCUT2D eigenvalue weighted by molar-refractivity contribution is 6.27. The van der Waals surface area contributed by atoms with Gasteiger partial charge in [0.25, 0.3) is 0 Å². The molecule has 10 aromatic rings. The third-order valence-corrected chi connectivity index (χ3v) is 9.93. The van der Waals surface area contributed by atoms with Crippen LogP contribution in [0.5, 0.6) is 0 Å². The van der Waals surface area contributed by atoms with Gasteiger partial charge in [0.1, 0.15) is 5.82 Å². The van der Waals surface area contributed by atoms with Gasteiger partial charge in [0.2, 0.25) is 0 Å². The molecule has 0 aliphatic rings. The molecule has 0 aliphatic carbocycles. The average molecular weight is 665 g/mol. The number of hydrogen-bond donors (Lipinski definition) is 0. The van der Waals surface area contributed by atoms with Gasteiger partial charge in [-0.05, 0) is 71.4 Å². The number of benzene rings is 8. The zero-order valence-corrected chi connectivity index (χ0v) is 28.3. The lowest BCUT2D eigenvalue weighted by atomic mass is 9.92. The lowest BCUT2D eigenvalue weighted by Gasteiger charge is -2.28. The van der Waals surface area contributed by atoms with Crippen LogP contribution in [0.15, 0.2) is 194 Å². The van der Waals surface area contributed by atoms with Gasteiger partial charge in [-0.15, -0.1) is 0 Å². The molecule has 0 saturated carbocycles. The molecular formula is C48H32N4. The summed E-state index contributed by atoms with van der Waals surface area (Å²) >= 11 is 0. The van der Waals surface area contributed by atoms with Crippen molar-refractivity contribution in [2.45, 2.75) is 0 Å². The number of pyridine rings is 1. The third kappa shape index (κ3) is 4.92. The number of anilines is 3. The second kappa shape index (κ2) is 12.4. The minimum Gasteiger partial charge on any atom is -0.310 e. The largest absolute Gasteiger partial charge is 0.310 e. The summed E-state index contributed by atoms with van der Waals surface area (Å²) in [6, 6.07) is 68.4. The molecule has 0 fully saturated rings. The first-order valence-corrected chi connectivity index (χ1v) is 17.6. The predicted molar refractivity (Wildman–Crippen MR) is 217 cm³/mol. The molecule has 0 saturated heterocycles. The fourth-order valence-electron chi connectivity index (χ4n) is 7.61. The van der Waals surface area contributed by atoms with Gasteiger partial charge in [0.05, 0.1) is 27.9 Å². The van der Waals surface area contributed by atoms with Gasteiger partial charge >= 0.3 is 0 Å². The first-order chi connectivity index (χ1) is 25.8. The molecule has 0 spiro atoms. The van der Waals surface area contributed by atoms with E-state index in [1.807, 2.05) is 12.1 Å². The number of hydrogen-bond acceptors (Lipinski definition) is 3. The van der Waals surface area contributed by atoms with E-state index < -0.39 is 0 Å². The predicted octanol–water partition coefficient (Wildman–Crippen LogP) is 12.7. The smallest absolute Gasteiger partial charge is 0.145 e. The molecule has 8 aromatic carbocycles. The van der Waals surface area contributed by atoms with Crippen LogP contribution in [0.2, 0.25) is 0 Å². The summed E-state index contributed by atoms with van der Waals surface area (Å²) in [5.74, 6) is 0.904. The van der Waals surface area contributed by atoms with Gasteiger partial charge < -0.3 is 4.90 Å². The highest BCUT2D eigenvalue weighted by Gasteiger charge is 2.23. The summed E-state index contributed by atoms with van der Waals surface area (Å²) < 4.78 is 2.25. The van der Waals surface area contributed by atoms with Crippen LogP contribution in [-0.4, -0.2) is 14.5 Å². The Morgan fingerprint density at radius 2 is 0.981 bits per heavy atom. The van der Waals surface area contributed by atoms with Crippen LogP contribution >= 0.6 is 0 Å². The second-order valence-corrected chi connectivity index (χ2v) is 13.0. The fraction of sp³-hybridized carbons (Fsp3) is 0. The topological polar surface area (TPSA) is 34.0 Å². The maximum absolute atomic E-state index is 5.47. The van der Waals surface area contributed by atoms with E-state index in [0.29, 0.717) is 0 Å². The van der Waals surface area contributed by atoms with Gasteiger partial charge in [0.15, 0.2) is 0 Å². The van der Waals surface area contributed by atoms with Gasteiger partial charge in [-0.25, -0.2) is 9.97 Å². The van der Waals surface area contributed by atoms with Crippen molar-refractivity contribution in [3.63, 3.8) is 0 Å². The highest BCUT2D eigenvalue weighted by Crippen LogP contribution is 2.47. The summed E-state index contributed by atoms with van der Waals surface area (Å²) in [5, 5.41) is 5.82. The SMILES string of the molecule is c1ccc(N(c2ccccc2)c2cc3ccccc3c3c2c(-c2ccc(-c4nc5ccccc5n4-c4ccccc4)cc2)nc2ccccc23)cc1. The van der Waals surface area contributed by atoms with E-state index in [1.54, 1.807) is 0 Å². The molecule has 52 heavy (non-hydrogen) atoms. The molecule has 0 aliphatic heterocycles. The van der Waals surface area contributed by atoms with Crippen LogP contribution in [0.3, 0.4) is 0 Å². The summed E-state index contributed by atoms with van der Waals surface area (Å²) in [6.45, 7) is 0. The number of nitrogens with zero attached hydrogens (tertiary/aromatic N) is 4. The van der Waals surface area contributed by atoms with Gasteiger partial charge in [-0.3, -0.25) is 4.57 Å². The normalized spacial score (nSPS) is 11.5. The molecule has 0 atom stereocenters. The quantitative estimate of drug-likeness (QED) is 0.166. The Morgan fingerprint density at radius 3 is 1.69 bits per heavy atom. The zero-order chi connectivity index (χ0) is 34.4. The molecule has 0 bridgehead atoms. The molecular weight excluding hydrogens is 633 g/mol. The Morgan fingerprint density at radius 1 is 0.423 bits per heavy atom. The van der Waals surface area contributed by atoms with E-state index in [1.165, 1.54) is 16.2 Å². The van der Waals surface area contributed by atoms with E-state index in [2.05, 4.69) is 191 Å². The molecule has 0 unspecified atom stereocenters. The molecule has 4 heteroatoms. The van der Waals surface area contributed by atoms with E-state index in [9.17, 15) is 0 Å². The number of fused-ring (bicyclic) bond motifs is 6. The standard InChI is InChI=1S/C48H32N4/c1-4-17-36(18-5-1)51(37-19-6-2-7-20-37)44-32-35-16-10-11-23-39(35)45-40-24-12-13-25-41(40)49-47(46(44)45)33-28-30-34(31-29-33)48-50-42-26-14-15-27-43(42)52(48)38-21-8-3-9-22-38/h1-32H. The van der Waals surface area contributed by atoms with E-state index in [-0.39, 0.29) is 0 Å². The highest BCUT2D eigenvalue weighted by atomic mass is 15.1. The van der Waals surface area contributed by atoms with Gasteiger partial charge in [0, 0.05) is 44.3 Å². The minimum atomic E-state index is 0.904. The van der Waals surface area contributed by atoms with Crippen LogP contribution in [-0.2, 0) is 0 Å². The Balaban J connectivity index is 1.26. The van der Waals surface area contributed by atoms with Crippen LogP contribution in [0.25, 0.3) is 71.8 Å². The van der Waals surface area contributed by atoms with E-state index >= 15 is 0 Å². The lowest BCUT2D eigenvalue weighted by molar-refractivity contribution is 1.10. The third-order valence-electron chi connectivity index (χ3n) is 9.93. The van der Waals surface area contributed by atoms with Gasteiger partial charge in [-0.1, -0.05) is 133 Å². The fourth-order valence-corrected chi connectivity index (χ4v) is 7.61. The Labute approximate surface area is 301 Å². The van der Waals surface area contributed by atoms with Crippen molar-refractivity contribution in [2.75, 3.05) is 4.90 Å². The van der Waals surface area contributed by atoms with Crippen LogP contribution in [0, 0.1) is 0 Å². The summed E-state index contributed by atoms with van der Waals surface area (Å²) in [5.41, 5.74) is 10.3. The Bertz CT molecular complexity index is 2820. The first kappa shape index (κ1) is 29.8. The van der Waals surface area contributed by atoms with Crippen LogP contribution in [0.4, 0.5) is 17.1 Å². The molecule has 4 nitrogen and oxygen atoms in total.